The summed E-state index contributed by atoms with van der Waals surface area (Å²) in [6.45, 7) is 6.35. The molecule has 0 spiro atoms. The lowest BCUT2D eigenvalue weighted by atomic mass is 9.98. The van der Waals surface area contributed by atoms with E-state index in [4.69, 9.17) is 16.3 Å². The van der Waals surface area contributed by atoms with Crippen molar-refractivity contribution < 1.29 is 18.7 Å². The number of carbonyl (C=O) groups excluding carboxylic acids is 2. The number of hydrazone groups is 1. The second-order valence-electron chi connectivity index (χ2n) is 9.14. The molecular formula is C27H33ClFN5O3. The summed E-state index contributed by atoms with van der Waals surface area (Å²) in [7, 11) is 0. The van der Waals surface area contributed by atoms with Gasteiger partial charge in [-0.2, -0.15) is 5.10 Å². The SMILES string of the molecule is CCCNC(=O)N(CCN1CCOCC1)CC(=O)N1N=C(c2ccc(F)cc2)C[C@H]1c1ccccc1Cl. The Morgan fingerprint density at radius 3 is 2.59 bits per heavy atom. The molecule has 1 fully saturated rings. The maximum Gasteiger partial charge on any atom is 0.317 e. The van der Waals surface area contributed by atoms with Crippen molar-refractivity contribution in [2.24, 2.45) is 5.10 Å². The lowest BCUT2D eigenvalue weighted by Crippen LogP contribution is -2.49. The van der Waals surface area contributed by atoms with E-state index in [1.165, 1.54) is 17.1 Å². The number of ether oxygens (including phenoxy) is 1. The molecule has 0 bridgehead atoms. The number of amides is 3. The molecule has 2 aliphatic heterocycles. The minimum atomic E-state index is -0.430. The van der Waals surface area contributed by atoms with E-state index in [-0.39, 0.29) is 24.3 Å². The van der Waals surface area contributed by atoms with Crippen LogP contribution < -0.4 is 5.32 Å². The molecular weight excluding hydrogens is 497 g/mol. The first-order valence-corrected chi connectivity index (χ1v) is 13.1. The molecule has 0 aromatic heterocycles. The Balaban J connectivity index is 1.55. The van der Waals surface area contributed by atoms with Crippen LogP contribution >= 0.6 is 11.6 Å². The maximum absolute atomic E-state index is 13.7. The molecule has 3 amide bonds. The summed E-state index contributed by atoms with van der Waals surface area (Å²) >= 11 is 6.51. The molecule has 2 aromatic carbocycles. The van der Waals surface area contributed by atoms with Crippen LogP contribution in [0.4, 0.5) is 9.18 Å². The molecule has 2 aliphatic rings. The van der Waals surface area contributed by atoms with Gasteiger partial charge in [0.2, 0.25) is 0 Å². The summed E-state index contributed by atoms with van der Waals surface area (Å²) < 4.78 is 18.9. The van der Waals surface area contributed by atoms with E-state index in [0.717, 1.165) is 30.6 Å². The smallest absolute Gasteiger partial charge is 0.317 e. The van der Waals surface area contributed by atoms with Crippen LogP contribution in [0.2, 0.25) is 5.02 Å². The van der Waals surface area contributed by atoms with Gasteiger partial charge in [-0.15, -0.1) is 0 Å². The lowest BCUT2D eigenvalue weighted by molar-refractivity contribution is -0.133. The van der Waals surface area contributed by atoms with Crippen LogP contribution in [0, 0.1) is 5.82 Å². The molecule has 198 valence electrons. The zero-order valence-corrected chi connectivity index (χ0v) is 21.8. The molecule has 2 aromatic rings. The third-order valence-corrected chi connectivity index (χ3v) is 6.88. The highest BCUT2D eigenvalue weighted by Crippen LogP contribution is 2.36. The highest BCUT2D eigenvalue weighted by molar-refractivity contribution is 6.31. The molecule has 0 unspecified atom stereocenters. The van der Waals surface area contributed by atoms with E-state index in [9.17, 15) is 14.0 Å². The Kier molecular flexibility index (Phi) is 9.49. The van der Waals surface area contributed by atoms with Crippen molar-refractivity contribution in [2.45, 2.75) is 25.8 Å². The van der Waals surface area contributed by atoms with Crippen LogP contribution in [-0.2, 0) is 9.53 Å². The largest absolute Gasteiger partial charge is 0.379 e. The van der Waals surface area contributed by atoms with Gasteiger partial charge in [-0.1, -0.05) is 48.9 Å². The summed E-state index contributed by atoms with van der Waals surface area (Å²) in [5, 5.41) is 9.49. The van der Waals surface area contributed by atoms with E-state index in [2.05, 4.69) is 15.3 Å². The fourth-order valence-electron chi connectivity index (χ4n) is 4.46. The highest BCUT2D eigenvalue weighted by Gasteiger charge is 2.35. The molecule has 0 radical (unpaired) electrons. The number of hydrogen-bond acceptors (Lipinski definition) is 5. The van der Waals surface area contributed by atoms with E-state index >= 15 is 0 Å². The van der Waals surface area contributed by atoms with Crippen molar-refractivity contribution in [3.8, 4) is 0 Å². The molecule has 37 heavy (non-hydrogen) atoms. The highest BCUT2D eigenvalue weighted by atomic mass is 35.5. The Morgan fingerprint density at radius 2 is 1.89 bits per heavy atom. The molecule has 10 heteroatoms. The zero-order chi connectivity index (χ0) is 26.2. The standard InChI is InChI=1S/C27H33ClFN5O3/c1-2-11-30-27(36)33(13-12-32-14-16-37-17-15-32)19-26(35)34-25(22-5-3-4-6-23(22)28)18-24(31-34)20-7-9-21(29)10-8-20/h3-10,25H,2,11-19H2,1H3,(H,30,36)/t25-/m0/s1. The van der Waals surface area contributed by atoms with Gasteiger partial charge in [-0.25, -0.2) is 14.2 Å². The van der Waals surface area contributed by atoms with Gasteiger partial charge in [0.1, 0.15) is 12.4 Å². The Morgan fingerprint density at radius 1 is 1.16 bits per heavy atom. The van der Waals surface area contributed by atoms with Crippen LogP contribution in [0.3, 0.4) is 0 Å². The van der Waals surface area contributed by atoms with Crippen molar-refractivity contribution in [3.63, 3.8) is 0 Å². The van der Waals surface area contributed by atoms with Crippen LogP contribution in [0.1, 0.15) is 36.9 Å². The van der Waals surface area contributed by atoms with Gasteiger partial charge in [-0.05, 0) is 35.7 Å². The third kappa shape index (κ3) is 7.06. The van der Waals surface area contributed by atoms with Crippen LogP contribution in [0.15, 0.2) is 53.6 Å². The van der Waals surface area contributed by atoms with Gasteiger partial charge < -0.3 is 15.0 Å². The first-order chi connectivity index (χ1) is 18.0. The topological polar surface area (TPSA) is 77.5 Å². The summed E-state index contributed by atoms with van der Waals surface area (Å²) in [5.74, 6) is -0.650. The Bertz CT molecular complexity index is 1110. The molecule has 0 saturated carbocycles. The predicted octanol–water partition coefficient (Wildman–Crippen LogP) is 3.91. The third-order valence-electron chi connectivity index (χ3n) is 6.54. The van der Waals surface area contributed by atoms with Gasteiger partial charge >= 0.3 is 6.03 Å². The van der Waals surface area contributed by atoms with Crippen molar-refractivity contribution in [2.75, 3.05) is 52.5 Å². The van der Waals surface area contributed by atoms with Gasteiger partial charge in [-0.3, -0.25) is 9.69 Å². The van der Waals surface area contributed by atoms with Crippen LogP contribution in [0.5, 0.6) is 0 Å². The maximum atomic E-state index is 13.7. The summed E-state index contributed by atoms with van der Waals surface area (Å²) in [6.07, 6.45) is 1.22. The number of morpholine rings is 1. The van der Waals surface area contributed by atoms with E-state index in [1.54, 1.807) is 23.1 Å². The first kappa shape index (κ1) is 27.0. The molecule has 2 heterocycles. The fraction of sp³-hybridized carbons (Fsp3) is 0.444. The average Bonchev–Trinajstić information content (AvgIpc) is 3.36. The summed E-state index contributed by atoms with van der Waals surface area (Å²) in [5.41, 5.74) is 2.17. The Hall–Kier alpha value is -3.01. The molecule has 0 aliphatic carbocycles. The number of rotatable bonds is 9. The van der Waals surface area contributed by atoms with Crippen molar-refractivity contribution >= 4 is 29.3 Å². The Labute approximate surface area is 222 Å². The van der Waals surface area contributed by atoms with Gasteiger partial charge in [0.15, 0.2) is 0 Å². The van der Waals surface area contributed by atoms with E-state index in [0.29, 0.717) is 50.0 Å². The van der Waals surface area contributed by atoms with E-state index < -0.39 is 6.04 Å². The van der Waals surface area contributed by atoms with Crippen molar-refractivity contribution in [3.05, 3.63) is 70.5 Å². The molecule has 8 nitrogen and oxygen atoms in total. The molecule has 1 saturated heterocycles. The normalized spacial score (nSPS) is 18.0. The minimum Gasteiger partial charge on any atom is -0.379 e. The number of benzene rings is 2. The van der Waals surface area contributed by atoms with Crippen LogP contribution in [-0.4, -0.2) is 84.9 Å². The number of urea groups is 1. The van der Waals surface area contributed by atoms with Crippen molar-refractivity contribution in [1.82, 2.24) is 20.1 Å². The molecule has 4 rings (SSSR count). The van der Waals surface area contributed by atoms with Crippen LogP contribution in [0.25, 0.3) is 0 Å². The number of nitrogens with one attached hydrogen (secondary N) is 1. The molecule has 1 N–H and O–H groups in total. The second-order valence-corrected chi connectivity index (χ2v) is 9.55. The second kappa shape index (κ2) is 13.0. The predicted molar refractivity (Wildman–Crippen MR) is 141 cm³/mol. The summed E-state index contributed by atoms with van der Waals surface area (Å²) in [4.78, 5) is 30.4. The molecule has 1 atom stereocenters. The van der Waals surface area contributed by atoms with E-state index in [1.807, 2.05) is 25.1 Å². The van der Waals surface area contributed by atoms with Gasteiger partial charge in [0.05, 0.1) is 25.0 Å². The average molecular weight is 530 g/mol. The quantitative estimate of drug-likeness (QED) is 0.534. The first-order valence-electron chi connectivity index (χ1n) is 12.7. The summed E-state index contributed by atoms with van der Waals surface area (Å²) in [6, 6.07) is 12.7. The number of hydrogen-bond donors (Lipinski definition) is 1. The minimum absolute atomic E-state index is 0.124. The van der Waals surface area contributed by atoms with Crippen molar-refractivity contribution in [1.29, 1.82) is 0 Å². The fourth-order valence-corrected chi connectivity index (χ4v) is 4.73. The zero-order valence-electron chi connectivity index (χ0n) is 21.0. The number of carbonyl (C=O) groups is 2. The van der Waals surface area contributed by atoms with Gasteiger partial charge in [0, 0.05) is 44.2 Å². The lowest BCUT2D eigenvalue weighted by Gasteiger charge is -2.31. The number of nitrogens with zero attached hydrogens (tertiary/aromatic N) is 4. The monoisotopic (exact) mass is 529 g/mol. The van der Waals surface area contributed by atoms with Gasteiger partial charge in [0.25, 0.3) is 5.91 Å². The number of halogens is 2.